The Balaban J connectivity index is 1.54. The molecule has 0 aliphatic carbocycles. The SMILES string of the molecule is CC(OC(=N)c1ccc(-c2cccnc2)cc1)c1ccc(CNCCC(=O)O)cc1. The van der Waals surface area contributed by atoms with Crippen molar-refractivity contribution < 1.29 is 14.6 Å². The maximum absolute atomic E-state index is 10.5. The van der Waals surface area contributed by atoms with Crippen LogP contribution in [0, 0.1) is 5.41 Å². The molecule has 30 heavy (non-hydrogen) atoms. The number of nitrogens with one attached hydrogen (secondary N) is 2. The van der Waals surface area contributed by atoms with Gasteiger partial charge in [-0.2, -0.15) is 0 Å². The van der Waals surface area contributed by atoms with E-state index in [1.807, 2.05) is 73.8 Å². The van der Waals surface area contributed by atoms with Crippen LogP contribution in [0.2, 0.25) is 0 Å². The first-order valence-electron chi connectivity index (χ1n) is 9.80. The largest absolute Gasteiger partial charge is 0.481 e. The molecule has 0 radical (unpaired) electrons. The monoisotopic (exact) mass is 403 g/mol. The molecule has 0 aliphatic heterocycles. The molecule has 0 bridgehead atoms. The number of carbonyl (C=O) groups is 1. The van der Waals surface area contributed by atoms with Gasteiger partial charge in [-0.1, -0.05) is 42.5 Å². The molecule has 0 saturated heterocycles. The smallest absolute Gasteiger partial charge is 0.304 e. The van der Waals surface area contributed by atoms with E-state index in [1.165, 1.54) is 0 Å². The van der Waals surface area contributed by atoms with E-state index < -0.39 is 5.97 Å². The van der Waals surface area contributed by atoms with Crippen LogP contribution >= 0.6 is 0 Å². The minimum atomic E-state index is -0.807. The van der Waals surface area contributed by atoms with Crippen molar-refractivity contribution in [3.8, 4) is 11.1 Å². The highest BCUT2D eigenvalue weighted by molar-refractivity contribution is 5.92. The zero-order valence-electron chi connectivity index (χ0n) is 16.8. The Labute approximate surface area is 176 Å². The minimum Gasteiger partial charge on any atom is -0.481 e. The Kier molecular flexibility index (Phi) is 7.29. The number of pyridine rings is 1. The molecule has 0 fully saturated rings. The molecule has 3 rings (SSSR count). The van der Waals surface area contributed by atoms with E-state index >= 15 is 0 Å². The molecule has 3 aromatic rings. The first-order chi connectivity index (χ1) is 14.5. The summed E-state index contributed by atoms with van der Waals surface area (Å²) < 4.78 is 5.82. The second kappa shape index (κ2) is 10.3. The van der Waals surface area contributed by atoms with Crippen LogP contribution in [0.5, 0.6) is 0 Å². The van der Waals surface area contributed by atoms with Crippen molar-refractivity contribution in [2.45, 2.75) is 26.0 Å². The topological polar surface area (TPSA) is 95.3 Å². The van der Waals surface area contributed by atoms with Gasteiger partial charge in [0, 0.05) is 31.0 Å². The maximum Gasteiger partial charge on any atom is 0.304 e. The fourth-order valence-corrected chi connectivity index (χ4v) is 2.99. The number of carboxylic acid groups (broad SMARTS) is 1. The molecule has 1 aromatic heterocycles. The summed E-state index contributed by atoms with van der Waals surface area (Å²) in [5.41, 5.74) is 4.83. The molecule has 6 heteroatoms. The molecule has 0 spiro atoms. The molecule has 0 saturated carbocycles. The van der Waals surface area contributed by atoms with Gasteiger partial charge in [0.05, 0.1) is 6.42 Å². The highest BCUT2D eigenvalue weighted by atomic mass is 16.5. The van der Waals surface area contributed by atoms with Gasteiger partial charge in [0.2, 0.25) is 5.90 Å². The van der Waals surface area contributed by atoms with Crippen molar-refractivity contribution in [2.75, 3.05) is 6.54 Å². The van der Waals surface area contributed by atoms with Gasteiger partial charge in [0.25, 0.3) is 0 Å². The highest BCUT2D eigenvalue weighted by Crippen LogP contribution is 2.22. The third-order valence-electron chi connectivity index (χ3n) is 4.73. The van der Waals surface area contributed by atoms with E-state index in [0.717, 1.165) is 22.3 Å². The average molecular weight is 403 g/mol. The Morgan fingerprint density at radius 1 is 1.10 bits per heavy atom. The lowest BCUT2D eigenvalue weighted by Crippen LogP contribution is -2.17. The number of aliphatic carboxylic acids is 1. The lowest BCUT2D eigenvalue weighted by atomic mass is 10.1. The van der Waals surface area contributed by atoms with Gasteiger partial charge < -0.3 is 15.2 Å². The van der Waals surface area contributed by atoms with E-state index in [2.05, 4.69) is 10.3 Å². The Morgan fingerprint density at radius 2 is 1.83 bits per heavy atom. The molecular weight excluding hydrogens is 378 g/mol. The Hall–Kier alpha value is -3.51. The van der Waals surface area contributed by atoms with Crippen LogP contribution in [-0.2, 0) is 16.1 Å². The summed E-state index contributed by atoms with van der Waals surface area (Å²) in [5, 5.41) is 20.0. The second-order valence-corrected chi connectivity index (χ2v) is 6.97. The van der Waals surface area contributed by atoms with Gasteiger partial charge >= 0.3 is 5.97 Å². The van der Waals surface area contributed by atoms with Crippen LogP contribution < -0.4 is 5.32 Å². The number of carboxylic acids is 1. The van der Waals surface area contributed by atoms with Crippen LogP contribution in [-0.4, -0.2) is 28.5 Å². The van der Waals surface area contributed by atoms with Crippen LogP contribution in [0.1, 0.15) is 36.1 Å². The summed E-state index contributed by atoms with van der Waals surface area (Å²) in [6.07, 6.45) is 3.40. The van der Waals surface area contributed by atoms with Crippen molar-refractivity contribution in [3.05, 3.63) is 89.7 Å². The summed E-state index contributed by atoms with van der Waals surface area (Å²) in [6.45, 7) is 2.97. The number of aromatic nitrogens is 1. The van der Waals surface area contributed by atoms with E-state index in [9.17, 15) is 4.79 Å². The molecule has 6 nitrogen and oxygen atoms in total. The molecule has 0 aliphatic rings. The highest BCUT2D eigenvalue weighted by Gasteiger charge is 2.11. The molecule has 0 amide bonds. The predicted octanol–water partition coefficient (Wildman–Crippen LogP) is 4.42. The van der Waals surface area contributed by atoms with Crippen molar-refractivity contribution >= 4 is 11.9 Å². The molecular formula is C24H25N3O3. The zero-order valence-corrected chi connectivity index (χ0v) is 16.8. The summed E-state index contributed by atoms with van der Waals surface area (Å²) in [4.78, 5) is 14.7. The number of hydrogen-bond acceptors (Lipinski definition) is 5. The van der Waals surface area contributed by atoms with Gasteiger partial charge in [-0.15, -0.1) is 0 Å². The number of hydrogen-bond donors (Lipinski definition) is 3. The van der Waals surface area contributed by atoms with Gasteiger partial charge in [-0.05, 0) is 47.4 Å². The normalized spacial score (nSPS) is 11.6. The maximum atomic E-state index is 10.5. The Morgan fingerprint density at radius 3 is 2.47 bits per heavy atom. The first kappa shape index (κ1) is 21.2. The molecule has 1 unspecified atom stereocenters. The van der Waals surface area contributed by atoms with Crippen LogP contribution in [0.15, 0.2) is 73.1 Å². The fraction of sp³-hybridized carbons (Fsp3) is 0.208. The van der Waals surface area contributed by atoms with Crippen LogP contribution in [0.25, 0.3) is 11.1 Å². The van der Waals surface area contributed by atoms with Gasteiger partial charge in [-0.25, -0.2) is 0 Å². The van der Waals surface area contributed by atoms with Crippen molar-refractivity contribution in [3.63, 3.8) is 0 Å². The fourth-order valence-electron chi connectivity index (χ4n) is 2.99. The van der Waals surface area contributed by atoms with E-state index in [4.69, 9.17) is 15.3 Å². The number of nitrogens with zero attached hydrogens (tertiary/aromatic N) is 1. The molecule has 154 valence electrons. The molecule has 2 aromatic carbocycles. The van der Waals surface area contributed by atoms with Crippen molar-refractivity contribution in [1.82, 2.24) is 10.3 Å². The molecule has 1 atom stereocenters. The van der Waals surface area contributed by atoms with Gasteiger partial charge in [-0.3, -0.25) is 15.2 Å². The summed E-state index contributed by atoms with van der Waals surface area (Å²) in [7, 11) is 0. The third kappa shape index (κ3) is 5.99. The molecule has 1 heterocycles. The third-order valence-corrected chi connectivity index (χ3v) is 4.73. The minimum absolute atomic E-state index is 0.105. The molecule has 3 N–H and O–H groups in total. The quantitative estimate of drug-likeness (QED) is 0.279. The Bertz CT molecular complexity index is 971. The number of benzene rings is 2. The predicted molar refractivity (Wildman–Crippen MR) is 116 cm³/mol. The van der Waals surface area contributed by atoms with Crippen molar-refractivity contribution in [2.24, 2.45) is 0 Å². The van der Waals surface area contributed by atoms with E-state index in [0.29, 0.717) is 18.7 Å². The lowest BCUT2D eigenvalue weighted by molar-refractivity contribution is -0.136. The van der Waals surface area contributed by atoms with Crippen molar-refractivity contribution in [1.29, 1.82) is 5.41 Å². The second-order valence-electron chi connectivity index (χ2n) is 6.97. The lowest BCUT2D eigenvalue weighted by Gasteiger charge is -2.16. The standard InChI is InChI=1S/C24H25N3O3/c1-17(19-6-4-18(5-7-19)15-27-14-12-23(28)29)30-24(25)21-10-8-20(9-11-21)22-3-2-13-26-16-22/h2-11,13,16-17,25,27H,12,14-15H2,1H3,(H,28,29). The zero-order chi connectivity index (χ0) is 21.3. The summed E-state index contributed by atoms with van der Waals surface area (Å²) in [5.74, 6) is -0.683. The van der Waals surface area contributed by atoms with E-state index in [-0.39, 0.29) is 18.4 Å². The summed E-state index contributed by atoms with van der Waals surface area (Å²) >= 11 is 0. The van der Waals surface area contributed by atoms with Crippen LogP contribution in [0.3, 0.4) is 0 Å². The summed E-state index contributed by atoms with van der Waals surface area (Å²) in [6, 6.07) is 19.5. The number of rotatable bonds is 9. The van der Waals surface area contributed by atoms with Gasteiger partial charge in [0.1, 0.15) is 6.10 Å². The van der Waals surface area contributed by atoms with Gasteiger partial charge in [0.15, 0.2) is 0 Å². The first-order valence-corrected chi connectivity index (χ1v) is 9.80. The average Bonchev–Trinajstić information content (AvgIpc) is 2.77. The van der Waals surface area contributed by atoms with Crippen LogP contribution in [0.4, 0.5) is 0 Å². The number of ether oxygens (including phenoxy) is 1. The van der Waals surface area contributed by atoms with E-state index in [1.54, 1.807) is 6.20 Å².